The van der Waals surface area contributed by atoms with Crippen LogP contribution in [-0.4, -0.2) is 21.0 Å². The van der Waals surface area contributed by atoms with Crippen molar-refractivity contribution in [1.29, 1.82) is 5.26 Å². The number of rotatable bonds is 3. The topological polar surface area (TPSA) is 98.9 Å². The molecule has 0 atom stereocenters. The van der Waals surface area contributed by atoms with E-state index in [4.69, 9.17) is 10.4 Å². The van der Waals surface area contributed by atoms with Crippen molar-refractivity contribution in [2.24, 2.45) is 0 Å². The van der Waals surface area contributed by atoms with E-state index >= 15 is 0 Å². The van der Waals surface area contributed by atoms with Gasteiger partial charge in [-0.2, -0.15) is 5.26 Å². The van der Waals surface area contributed by atoms with Gasteiger partial charge in [0.05, 0.1) is 11.3 Å². The van der Waals surface area contributed by atoms with E-state index < -0.39 is 5.97 Å². The molecule has 0 saturated carbocycles. The highest BCUT2D eigenvalue weighted by Crippen LogP contribution is 2.18. The van der Waals surface area contributed by atoms with Gasteiger partial charge in [0.25, 0.3) is 0 Å². The summed E-state index contributed by atoms with van der Waals surface area (Å²) >= 11 is 0. The predicted octanol–water partition coefficient (Wildman–Crippen LogP) is 2.10. The first-order chi connectivity index (χ1) is 9.10. The molecule has 2 rings (SSSR count). The average molecular weight is 254 g/mol. The summed E-state index contributed by atoms with van der Waals surface area (Å²) < 4.78 is 0. The lowest BCUT2D eigenvalue weighted by Gasteiger charge is -2.07. The van der Waals surface area contributed by atoms with Crippen molar-refractivity contribution < 1.29 is 9.90 Å². The number of hydrogen-bond acceptors (Lipinski definition) is 5. The maximum Gasteiger partial charge on any atom is 0.354 e. The van der Waals surface area contributed by atoms with Gasteiger partial charge in [0.15, 0.2) is 5.69 Å². The second-order valence-corrected chi connectivity index (χ2v) is 3.81. The molecule has 2 aromatic rings. The summed E-state index contributed by atoms with van der Waals surface area (Å²) in [5, 5.41) is 20.8. The van der Waals surface area contributed by atoms with Crippen molar-refractivity contribution in [3.8, 4) is 6.07 Å². The Morgan fingerprint density at radius 3 is 2.79 bits per heavy atom. The molecule has 1 aromatic carbocycles. The molecule has 1 heterocycles. The van der Waals surface area contributed by atoms with Crippen LogP contribution in [0, 0.1) is 18.3 Å². The highest BCUT2D eigenvalue weighted by Gasteiger charge is 2.09. The molecular weight excluding hydrogens is 244 g/mol. The molecule has 2 N–H and O–H groups in total. The van der Waals surface area contributed by atoms with Gasteiger partial charge in [-0.05, 0) is 25.1 Å². The molecule has 0 radical (unpaired) electrons. The van der Waals surface area contributed by atoms with Gasteiger partial charge in [0, 0.05) is 5.69 Å². The molecule has 0 unspecified atom stereocenters. The first-order valence-corrected chi connectivity index (χ1v) is 5.45. The number of para-hydroxylation sites is 1. The number of carboxylic acid groups (broad SMARTS) is 1. The highest BCUT2D eigenvalue weighted by atomic mass is 16.4. The third-order valence-electron chi connectivity index (χ3n) is 2.37. The molecule has 0 saturated heterocycles. The number of hydrogen-bond donors (Lipinski definition) is 2. The minimum Gasteiger partial charge on any atom is -0.477 e. The van der Waals surface area contributed by atoms with Gasteiger partial charge >= 0.3 is 5.97 Å². The van der Waals surface area contributed by atoms with Crippen LogP contribution in [0.25, 0.3) is 0 Å². The van der Waals surface area contributed by atoms with E-state index in [9.17, 15) is 4.79 Å². The molecule has 0 aliphatic rings. The Hall–Kier alpha value is -2.94. The predicted molar refractivity (Wildman–Crippen MR) is 68.2 cm³/mol. The second kappa shape index (κ2) is 5.14. The summed E-state index contributed by atoms with van der Waals surface area (Å²) in [7, 11) is 0. The van der Waals surface area contributed by atoms with E-state index in [1.54, 1.807) is 31.2 Å². The number of aryl methyl sites for hydroxylation is 1. The normalized spacial score (nSPS) is 9.68. The zero-order chi connectivity index (χ0) is 13.8. The molecule has 94 valence electrons. The number of carbonyl (C=O) groups is 1. The highest BCUT2D eigenvalue weighted by molar-refractivity contribution is 5.85. The van der Waals surface area contributed by atoms with Crippen LogP contribution in [0.2, 0.25) is 0 Å². The molecule has 1 aromatic heterocycles. The molecule has 0 amide bonds. The molecule has 6 heteroatoms. The van der Waals surface area contributed by atoms with Crippen LogP contribution in [0.4, 0.5) is 11.6 Å². The number of anilines is 2. The first-order valence-electron chi connectivity index (χ1n) is 5.45. The first kappa shape index (κ1) is 12.5. The number of nitriles is 1. The van der Waals surface area contributed by atoms with Crippen molar-refractivity contribution in [2.75, 3.05) is 5.32 Å². The van der Waals surface area contributed by atoms with Crippen LogP contribution < -0.4 is 5.32 Å². The fraction of sp³-hybridized carbons (Fsp3) is 0.0769. The lowest BCUT2D eigenvalue weighted by atomic mass is 10.2. The summed E-state index contributed by atoms with van der Waals surface area (Å²) in [5.41, 5.74) is 1.41. The Bertz CT molecular complexity index is 677. The molecule has 0 fully saturated rings. The largest absolute Gasteiger partial charge is 0.477 e. The number of nitrogens with zero attached hydrogens (tertiary/aromatic N) is 3. The van der Waals surface area contributed by atoms with Gasteiger partial charge in [-0.1, -0.05) is 12.1 Å². The van der Waals surface area contributed by atoms with Crippen molar-refractivity contribution in [1.82, 2.24) is 9.97 Å². The quantitative estimate of drug-likeness (QED) is 0.870. The van der Waals surface area contributed by atoms with Gasteiger partial charge in [-0.3, -0.25) is 0 Å². The molecule has 19 heavy (non-hydrogen) atoms. The Labute approximate surface area is 109 Å². The summed E-state index contributed by atoms with van der Waals surface area (Å²) in [6, 6.07) is 10.3. The Balaban J connectivity index is 2.39. The lowest BCUT2D eigenvalue weighted by molar-refractivity contribution is 0.0690. The number of nitrogens with one attached hydrogen (secondary N) is 1. The zero-order valence-electron chi connectivity index (χ0n) is 10.1. The van der Waals surface area contributed by atoms with Gasteiger partial charge < -0.3 is 10.4 Å². The van der Waals surface area contributed by atoms with E-state index in [0.29, 0.717) is 16.9 Å². The molecule has 6 nitrogen and oxygen atoms in total. The molecular formula is C13H10N4O2. The maximum atomic E-state index is 10.9. The van der Waals surface area contributed by atoms with Gasteiger partial charge in [-0.15, -0.1) is 0 Å². The Morgan fingerprint density at radius 1 is 1.37 bits per heavy atom. The van der Waals surface area contributed by atoms with E-state index in [-0.39, 0.29) is 11.6 Å². The van der Waals surface area contributed by atoms with Crippen molar-refractivity contribution in [2.45, 2.75) is 6.92 Å². The summed E-state index contributed by atoms with van der Waals surface area (Å²) in [4.78, 5) is 18.9. The molecule has 0 aliphatic carbocycles. The lowest BCUT2D eigenvalue weighted by Crippen LogP contribution is -2.07. The van der Waals surface area contributed by atoms with E-state index in [1.807, 2.05) is 6.07 Å². The van der Waals surface area contributed by atoms with Gasteiger partial charge in [0.2, 0.25) is 5.95 Å². The Kier molecular flexibility index (Phi) is 3.39. The second-order valence-electron chi connectivity index (χ2n) is 3.81. The number of aromatic nitrogens is 2. The third kappa shape index (κ3) is 2.84. The van der Waals surface area contributed by atoms with Crippen LogP contribution in [-0.2, 0) is 0 Å². The molecule has 0 aliphatic heterocycles. The van der Waals surface area contributed by atoms with E-state index in [1.165, 1.54) is 6.07 Å². The van der Waals surface area contributed by atoms with Crippen LogP contribution in [0.1, 0.15) is 21.7 Å². The van der Waals surface area contributed by atoms with Crippen LogP contribution in [0.15, 0.2) is 30.3 Å². The standard InChI is InChI=1S/C13H10N4O2/c1-8-6-11(12(18)19)17-13(15-8)16-10-5-3-2-4-9(10)7-14/h2-6H,1H3,(H,18,19)(H,15,16,17). The van der Waals surface area contributed by atoms with E-state index in [0.717, 1.165) is 0 Å². The summed E-state index contributed by atoms with van der Waals surface area (Å²) in [5.74, 6) is -0.970. The summed E-state index contributed by atoms with van der Waals surface area (Å²) in [6.45, 7) is 1.68. The molecule has 0 spiro atoms. The SMILES string of the molecule is Cc1cc(C(=O)O)nc(Nc2ccccc2C#N)n1. The molecule has 0 bridgehead atoms. The average Bonchev–Trinajstić information content (AvgIpc) is 2.38. The number of benzene rings is 1. The van der Waals surface area contributed by atoms with Crippen molar-refractivity contribution in [3.63, 3.8) is 0 Å². The van der Waals surface area contributed by atoms with Gasteiger partial charge in [0.1, 0.15) is 6.07 Å². The van der Waals surface area contributed by atoms with Crippen molar-refractivity contribution >= 4 is 17.6 Å². The maximum absolute atomic E-state index is 10.9. The zero-order valence-corrected chi connectivity index (χ0v) is 10.1. The fourth-order valence-corrected chi connectivity index (χ4v) is 1.54. The Morgan fingerprint density at radius 2 is 2.11 bits per heavy atom. The summed E-state index contributed by atoms with van der Waals surface area (Å²) in [6.07, 6.45) is 0. The fourth-order valence-electron chi connectivity index (χ4n) is 1.54. The smallest absolute Gasteiger partial charge is 0.354 e. The van der Waals surface area contributed by atoms with Crippen LogP contribution >= 0.6 is 0 Å². The van der Waals surface area contributed by atoms with Crippen molar-refractivity contribution in [3.05, 3.63) is 47.3 Å². The third-order valence-corrected chi connectivity index (χ3v) is 2.37. The van der Waals surface area contributed by atoms with Gasteiger partial charge in [-0.25, -0.2) is 14.8 Å². The van der Waals surface area contributed by atoms with Crippen LogP contribution in [0.5, 0.6) is 0 Å². The van der Waals surface area contributed by atoms with Crippen LogP contribution in [0.3, 0.4) is 0 Å². The minimum atomic E-state index is -1.12. The number of aromatic carboxylic acids is 1. The number of carboxylic acids is 1. The minimum absolute atomic E-state index is 0.0931. The van der Waals surface area contributed by atoms with E-state index in [2.05, 4.69) is 15.3 Å². The monoisotopic (exact) mass is 254 g/mol.